The first-order valence-electron chi connectivity index (χ1n) is 10.5. The van der Waals surface area contributed by atoms with Crippen molar-refractivity contribution in [2.24, 2.45) is 5.92 Å². The number of hydrogen-bond donors (Lipinski definition) is 2. The summed E-state index contributed by atoms with van der Waals surface area (Å²) in [5, 5.41) is 10.6. The molecule has 0 aromatic carbocycles. The number of hydrogen-bond acceptors (Lipinski definition) is 7. The third-order valence-corrected chi connectivity index (χ3v) is 5.63. The molecular weight excluding hydrogens is 411 g/mol. The fourth-order valence-corrected chi connectivity index (χ4v) is 3.95. The summed E-state index contributed by atoms with van der Waals surface area (Å²) in [6.45, 7) is 8.73. The van der Waals surface area contributed by atoms with Gasteiger partial charge in [-0.25, -0.2) is 9.97 Å². The summed E-state index contributed by atoms with van der Waals surface area (Å²) in [7, 11) is 1.88. The van der Waals surface area contributed by atoms with Crippen molar-refractivity contribution in [2.75, 3.05) is 22.6 Å². The van der Waals surface area contributed by atoms with Crippen LogP contribution in [-0.2, 0) is 17.9 Å². The lowest BCUT2D eigenvalue weighted by molar-refractivity contribution is -0.118. The van der Waals surface area contributed by atoms with Gasteiger partial charge in [-0.15, -0.1) is 0 Å². The zero-order valence-electron chi connectivity index (χ0n) is 18.8. The van der Waals surface area contributed by atoms with Crippen molar-refractivity contribution in [3.05, 3.63) is 53.0 Å². The van der Waals surface area contributed by atoms with E-state index >= 15 is 0 Å². The number of halogens is 1. The Kier molecular flexibility index (Phi) is 5.77. The van der Waals surface area contributed by atoms with Crippen molar-refractivity contribution in [3.8, 4) is 0 Å². The molecule has 10 heteroatoms. The molecule has 1 amide bonds. The second-order valence-electron chi connectivity index (χ2n) is 8.45. The molecule has 3 aromatic rings. The van der Waals surface area contributed by atoms with E-state index in [0.29, 0.717) is 36.2 Å². The third-order valence-electron chi connectivity index (χ3n) is 5.63. The summed E-state index contributed by atoms with van der Waals surface area (Å²) in [5.74, 6) is 0.806. The van der Waals surface area contributed by atoms with Gasteiger partial charge in [-0.2, -0.15) is 14.5 Å². The number of nitrogens with one attached hydrogen (secondary N) is 2. The van der Waals surface area contributed by atoms with Gasteiger partial charge in [0.1, 0.15) is 11.7 Å². The van der Waals surface area contributed by atoms with Crippen molar-refractivity contribution in [2.45, 2.75) is 46.8 Å². The number of carbonyl (C=O) groups excluding carboxylic acids is 1. The highest BCUT2D eigenvalue weighted by atomic mass is 19.1. The third kappa shape index (κ3) is 4.25. The van der Waals surface area contributed by atoms with E-state index in [1.54, 1.807) is 10.9 Å². The maximum Gasteiger partial charge on any atom is 0.247 e. The zero-order chi connectivity index (χ0) is 23.0. The van der Waals surface area contributed by atoms with Crippen LogP contribution in [0.2, 0.25) is 0 Å². The largest absolute Gasteiger partial charge is 0.350 e. The molecule has 2 N–H and O–H groups in total. The molecule has 32 heavy (non-hydrogen) atoms. The number of carbonyl (C=O) groups is 1. The van der Waals surface area contributed by atoms with Crippen LogP contribution in [0, 0.1) is 25.7 Å². The summed E-state index contributed by atoms with van der Waals surface area (Å²) >= 11 is 0. The van der Waals surface area contributed by atoms with E-state index in [2.05, 4.69) is 30.7 Å². The molecule has 168 valence electrons. The fourth-order valence-electron chi connectivity index (χ4n) is 3.95. The Morgan fingerprint density at radius 1 is 1.25 bits per heavy atom. The Hall–Kier alpha value is -3.56. The maximum absolute atomic E-state index is 13.2. The molecular formula is C22H27FN8O. The van der Waals surface area contributed by atoms with Gasteiger partial charge >= 0.3 is 0 Å². The monoisotopic (exact) mass is 438 g/mol. The summed E-state index contributed by atoms with van der Waals surface area (Å²) < 4.78 is 15.0. The lowest BCUT2D eigenvalue weighted by Gasteiger charge is -2.36. The average Bonchev–Trinajstić information content (AvgIpc) is 3.17. The van der Waals surface area contributed by atoms with Crippen molar-refractivity contribution in [3.63, 3.8) is 0 Å². The molecule has 1 aliphatic rings. The SMILES string of the molecule is Cc1cc(F)ncc1Cn1cc(CNc2nc(C)c3c(n2)N(C)[C@H](C(C)C)C(=O)N3)cn1. The van der Waals surface area contributed by atoms with E-state index in [9.17, 15) is 9.18 Å². The molecule has 0 fully saturated rings. The first-order valence-corrected chi connectivity index (χ1v) is 10.5. The quantitative estimate of drug-likeness (QED) is 0.571. The summed E-state index contributed by atoms with van der Waals surface area (Å²) in [6, 6.07) is 1.13. The van der Waals surface area contributed by atoms with Gasteiger partial charge in [0.05, 0.1) is 18.4 Å². The number of rotatable bonds is 6. The number of amides is 1. The fraction of sp³-hybridized carbons (Fsp3) is 0.409. The molecule has 0 unspecified atom stereocenters. The number of fused-ring (bicyclic) bond motifs is 1. The molecule has 1 aliphatic heterocycles. The van der Waals surface area contributed by atoms with Crippen LogP contribution in [0.1, 0.15) is 36.2 Å². The van der Waals surface area contributed by atoms with Gasteiger partial charge in [0, 0.05) is 31.5 Å². The molecule has 3 aromatic heterocycles. The number of pyridine rings is 1. The predicted molar refractivity (Wildman–Crippen MR) is 120 cm³/mol. The molecule has 0 radical (unpaired) electrons. The van der Waals surface area contributed by atoms with E-state index in [0.717, 1.165) is 16.7 Å². The van der Waals surface area contributed by atoms with E-state index < -0.39 is 5.95 Å². The number of likely N-dealkylation sites (N-methyl/N-ethyl adjacent to an activating group) is 1. The Balaban J connectivity index is 1.47. The van der Waals surface area contributed by atoms with Crippen LogP contribution in [0.15, 0.2) is 24.7 Å². The van der Waals surface area contributed by atoms with Crippen molar-refractivity contribution >= 4 is 23.4 Å². The Morgan fingerprint density at radius 3 is 2.75 bits per heavy atom. The molecule has 0 aliphatic carbocycles. The van der Waals surface area contributed by atoms with Crippen LogP contribution >= 0.6 is 0 Å². The molecule has 4 heterocycles. The van der Waals surface area contributed by atoms with Gasteiger partial charge < -0.3 is 15.5 Å². The molecule has 1 atom stereocenters. The first kappa shape index (κ1) is 21.7. The van der Waals surface area contributed by atoms with E-state index in [1.165, 1.54) is 12.3 Å². The van der Waals surface area contributed by atoms with Crippen LogP contribution in [0.5, 0.6) is 0 Å². The highest BCUT2D eigenvalue weighted by molar-refractivity contribution is 6.03. The Morgan fingerprint density at radius 2 is 2.03 bits per heavy atom. The maximum atomic E-state index is 13.2. The number of nitrogens with zero attached hydrogens (tertiary/aromatic N) is 6. The van der Waals surface area contributed by atoms with Crippen molar-refractivity contribution in [1.82, 2.24) is 24.7 Å². The predicted octanol–water partition coefficient (Wildman–Crippen LogP) is 2.90. The topological polar surface area (TPSA) is 101 Å². The highest BCUT2D eigenvalue weighted by Crippen LogP contribution is 2.34. The van der Waals surface area contributed by atoms with Gasteiger partial charge in [0.2, 0.25) is 17.8 Å². The zero-order valence-corrected chi connectivity index (χ0v) is 18.8. The van der Waals surface area contributed by atoms with Crippen LogP contribution in [0.3, 0.4) is 0 Å². The van der Waals surface area contributed by atoms with Gasteiger partial charge in [0.25, 0.3) is 0 Å². The van der Waals surface area contributed by atoms with Crippen LogP contribution in [-0.4, -0.2) is 43.7 Å². The van der Waals surface area contributed by atoms with E-state index in [-0.39, 0.29) is 17.9 Å². The Labute approximate surface area is 186 Å². The van der Waals surface area contributed by atoms with E-state index in [4.69, 9.17) is 0 Å². The summed E-state index contributed by atoms with van der Waals surface area (Å²) in [4.78, 5) is 27.3. The van der Waals surface area contributed by atoms with Gasteiger partial charge in [-0.1, -0.05) is 13.8 Å². The average molecular weight is 439 g/mol. The minimum Gasteiger partial charge on any atom is -0.350 e. The molecule has 0 spiro atoms. The second-order valence-corrected chi connectivity index (χ2v) is 8.45. The van der Waals surface area contributed by atoms with Crippen molar-refractivity contribution in [1.29, 1.82) is 0 Å². The normalized spacial score (nSPS) is 15.7. The molecule has 0 saturated heterocycles. The first-order chi connectivity index (χ1) is 15.2. The van der Waals surface area contributed by atoms with Crippen molar-refractivity contribution < 1.29 is 9.18 Å². The van der Waals surface area contributed by atoms with Gasteiger partial charge in [-0.05, 0) is 37.0 Å². The highest BCUT2D eigenvalue weighted by Gasteiger charge is 2.35. The standard InChI is InChI=1S/C22H27FN8O/c1-12(2)19-21(32)28-18-14(4)27-22(29-20(18)30(19)5)25-7-15-8-26-31(10-15)11-16-9-24-17(23)6-13(16)3/h6,8-10,12,19H,7,11H2,1-5H3,(H,28,32)(H,25,27,29)/t19-/m1/s1. The smallest absolute Gasteiger partial charge is 0.247 e. The van der Waals surface area contributed by atoms with Crippen LogP contribution in [0.4, 0.5) is 21.8 Å². The number of anilines is 3. The summed E-state index contributed by atoms with van der Waals surface area (Å²) in [5.41, 5.74) is 4.05. The lowest BCUT2D eigenvalue weighted by atomic mass is 9.99. The second kappa shape index (κ2) is 8.52. The lowest BCUT2D eigenvalue weighted by Crippen LogP contribution is -2.49. The number of aromatic nitrogens is 5. The summed E-state index contributed by atoms with van der Waals surface area (Å²) in [6.07, 6.45) is 5.22. The molecule has 9 nitrogen and oxygen atoms in total. The number of aryl methyl sites for hydroxylation is 2. The van der Waals surface area contributed by atoms with E-state index in [1.807, 2.05) is 45.8 Å². The van der Waals surface area contributed by atoms with Gasteiger partial charge in [0.15, 0.2) is 5.82 Å². The Bertz CT molecular complexity index is 1160. The molecule has 0 bridgehead atoms. The van der Waals surface area contributed by atoms with Crippen LogP contribution < -0.4 is 15.5 Å². The molecule has 4 rings (SSSR count). The van der Waals surface area contributed by atoms with Crippen LogP contribution in [0.25, 0.3) is 0 Å². The molecule has 0 saturated carbocycles. The minimum atomic E-state index is -0.484. The van der Waals surface area contributed by atoms with Gasteiger partial charge in [-0.3, -0.25) is 9.48 Å². The minimum absolute atomic E-state index is 0.0404.